The fraction of sp³-hybridized carbons (Fsp3) is 0.364. The number of likely N-dealkylation sites (N-methyl/N-ethyl adjacent to an activating group) is 1. The summed E-state index contributed by atoms with van der Waals surface area (Å²) in [5, 5.41) is 2.63. The Hall–Kier alpha value is -2.66. The van der Waals surface area contributed by atoms with E-state index in [0.29, 0.717) is 31.7 Å². The summed E-state index contributed by atoms with van der Waals surface area (Å²) in [5.74, 6) is 0.0505. The molecule has 2 aromatic carbocycles. The molecule has 1 aliphatic rings. The topological polar surface area (TPSA) is 58.6 Å². The van der Waals surface area contributed by atoms with Crippen molar-refractivity contribution in [2.45, 2.75) is 25.8 Å². The normalized spacial score (nSPS) is 16.8. The maximum Gasteiger partial charge on any atom is 0.254 e. The van der Waals surface area contributed by atoms with Crippen LogP contribution in [0.25, 0.3) is 11.1 Å². The predicted octanol–water partition coefficient (Wildman–Crippen LogP) is 2.89. The number of carbonyl (C=O) groups is 2. The smallest absolute Gasteiger partial charge is 0.254 e. The zero-order valence-corrected chi connectivity index (χ0v) is 15.9. The molecule has 1 atom stereocenters. The van der Waals surface area contributed by atoms with Gasteiger partial charge in [0, 0.05) is 19.2 Å². The summed E-state index contributed by atoms with van der Waals surface area (Å²) in [7, 11) is 1.64. The number of rotatable bonds is 5. The highest BCUT2D eigenvalue weighted by molar-refractivity contribution is 5.95. The van der Waals surface area contributed by atoms with Crippen molar-refractivity contribution >= 4 is 11.8 Å². The van der Waals surface area contributed by atoms with E-state index in [-0.39, 0.29) is 17.9 Å². The van der Waals surface area contributed by atoms with Crippen molar-refractivity contribution in [3.63, 3.8) is 0 Å². The highest BCUT2D eigenvalue weighted by Gasteiger charge is 2.26. The number of hydrogen-bond acceptors (Lipinski definition) is 3. The van der Waals surface area contributed by atoms with Crippen molar-refractivity contribution in [1.82, 2.24) is 10.2 Å². The number of nitrogens with zero attached hydrogens (tertiary/aromatic N) is 1. The molecule has 0 radical (unpaired) electrons. The first-order valence-electron chi connectivity index (χ1n) is 9.41. The van der Waals surface area contributed by atoms with E-state index in [0.717, 1.165) is 23.1 Å². The third kappa shape index (κ3) is 4.55. The lowest BCUT2D eigenvalue weighted by Crippen LogP contribution is -2.48. The van der Waals surface area contributed by atoms with E-state index in [9.17, 15) is 9.59 Å². The molecule has 5 heteroatoms. The molecule has 27 heavy (non-hydrogen) atoms. The van der Waals surface area contributed by atoms with Crippen molar-refractivity contribution in [2.75, 3.05) is 26.8 Å². The summed E-state index contributed by atoms with van der Waals surface area (Å²) in [6.07, 6.45) is 1.25. The molecule has 2 amide bonds. The molecule has 0 aromatic heterocycles. The zero-order valence-electron chi connectivity index (χ0n) is 15.9. The second kappa shape index (κ2) is 8.82. The van der Waals surface area contributed by atoms with Gasteiger partial charge in [-0.15, -0.1) is 0 Å². The van der Waals surface area contributed by atoms with Crippen LogP contribution in [0, 0.1) is 0 Å². The first-order chi connectivity index (χ1) is 13.1. The van der Waals surface area contributed by atoms with Gasteiger partial charge in [0.2, 0.25) is 5.91 Å². The molecule has 0 bridgehead atoms. The van der Waals surface area contributed by atoms with Gasteiger partial charge in [-0.05, 0) is 35.2 Å². The molecule has 0 spiro atoms. The molecule has 5 nitrogen and oxygen atoms in total. The minimum atomic E-state index is -0.00802. The average molecular weight is 366 g/mol. The Kier molecular flexibility index (Phi) is 6.24. The summed E-state index contributed by atoms with van der Waals surface area (Å²) in [5.41, 5.74) is 3.68. The van der Waals surface area contributed by atoms with Crippen LogP contribution in [-0.4, -0.2) is 49.6 Å². The minimum absolute atomic E-state index is 0.00802. The molecule has 1 N–H and O–H groups in total. The van der Waals surface area contributed by atoms with Gasteiger partial charge in [-0.2, -0.15) is 0 Å². The molecule has 3 rings (SSSR count). The van der Waals surface area contributed by atoms with Gasteiger partial charge in [-0.1, -0.05) is 43.3 Å². The Morgan fingerprint density at radius 2 is 1.93 bits per heavy atom. The van der Waals surface area contributed by atoms with Gasteiger partial charge in [0.25, 0.3) is 5.91 Å². The first-order valence-corrected chi connectivity index (χ1v) is 9.41. The molecule has 1 saturated heterocycles. The zero-order chi connectivity index (χ0) is 19.2. The minimum Gasteiger partial charge on any atom is -0.377 e. The Morgan fingerprint density at radius 1 is 1.15 bits per heavy atom. The number of ether oxygens (including phenoxy) is 1. The van der Waals surface area contributed by atoms with Gasteiger partial charge in [-0.25, -0.2) is 0 Å². The highest BCUT2D eigenvalue weighted by Crippen LogP contribution is 2.23. The Balaban J connectivity index is 1.79. The van der Waals surface area contributed by atoms with Crippen LogP contribution in [0.15, 0.2) is 48.5 Å². The molecule has 0 saturated carbocycles. The molecular formula is C22H26N2O3. The summed E-state index contributed by atoms with van der Waals surface area (Å²) < 4.78 is 5.51. The maximum absolute atomic E-state index is 13.0. The van der Waals surface area contributed by atoms with Gasteiger partial charge in [0.15, 0.2) is 0 Å². The molecule has 2 aromatic rings. The average Bonchev–Trinajstić information content (AvgIpc) is 2.73. The van der Waals surface area contributed by atoms with Crippen LogP contribution < -0.4 is 5.32 Å². The molecular weight excluding hydrogens is 340 g/mol. The molecule has 0 unspecified atom stereocenters. The number of hydrogen-bond donors (Lipinski definition) is 1. The quantitative estimate of drug-likeness (QED) is 0.885. The Bertz CT molecular complexity index is 801. The van der Waals surface area contributed by atoms with Crippen LogP contribution >= 0.6 is 0 Å². The van der Waals surface area contributed by atoms with Crippen molar-refractivity contribution < 1.29 is 14.3 Å². The van der Waals surface area contributed by atoms with Crippen LogP contribution in [0.2, 0.25) is 0 Å². The van der Waals surface area contributed by atoms with Gasteiger partial charge in [-0.3, -0.25) is 9.59 Å². The largest absolute Gasteiger partial charge is 0.377 e. The van der Waals surface area contributed by atoms with E-state index < -0.39 is 0 Å². The SMILES string of the molecule is CC[C@@H]1COCCN1C(=O)c1cccc(-c2ccc(CC(=O)NC)cc2)c1. The van der Waals surface area contributed by atoms with Crippen molar-refractivity contribution in [1.29, 1.82) is 0 Å². The maximum atomic E-state index is 13.0. The fourth-order valence-electron chi connectivity index (χ4n) is 3.35. The van der Waals surface area contributed by atoms with Gasteiger partial charge in [0.1, 0.15) is 0 Å². The van der Waals surface area contributed by atoms with Gasteiger partial charge in [0.05, 0.1) is 25.7 Å². The first kappa shape index (κ1) is 19.1. The number of carbonyl (C=O) groups excluding carboxylic acids is 2. The van der Waals surface area contributed by atoms with Crippen molar-refractivity contribution in [3.05, 3.63) is 59.7 Å². The third-order valence-corrected chi connectivity index (χ3v) is 5.00. The lowest BCUT2D eigenvalue weighted by atomic mass is 10.00. The van der Waals surface area contributed by atoms with Gasteiger partial charge < -0.3 is 15.0 Å². The van der Waals surface area contributed by atoms with E-state index >= 15 is 0 Å². The second-order valence-electron chi connectivity index (χ2n) is 6.76. The summed E-state index contributed by atoms with van der Waals surface area (Å²) in [6.45, 7) is 3.91. The van der Waals surface area contributed by atoms with E-state index in [1.807, 2.05) is 53.4 Å². The third-order valence-electron chi connectivity index (χ3n) is 5.00. The van der Waals surface area contributed by atoms with Crippen LogP contribution in [0.4, 0.5) is 0 Å². The van der Waals surface area contributed by atoms with Crippen LogP contribution in [0.5, 0.6) is 0 Å². The number of amides is 2. The van der Waals surface area contributed by atoms with E-state index in [1.54, 1.807) is 7.05 Å². The molecule has 0 aliphatic carbocycles. The molecule has 142 valence electrons. The fourth-order valence-corrected chi connectivity index (χ4v) is 3.35. The van der Waals surface area contributed by atoms with E-state index in [4.69, 9.17) is 4.74 Å². The van der Waals surface area contributed by atoms with Crippen LogP contribution in [0.3, 0.4) is 0 Å². The number of nitrogens with one attached hydrogen (secondary N) is 1. The molecule has 1 aliphatic heterocycles. The second-order valence-corrected chi connectivity index (χ2v) is 6.76. The Labute approximate surface area is 160 Å². The summed E-state index contributed by atoms with van der Waals surface area (Å²) in [4.78, 5) is 26.4. The number of morpholine rings is 1. The Morgan fingerprint density at radius 3 is 2.63 bits per heavy atom. The highest BCUT2D eigenvalue weighted by atomic mass is 16.5. The van der Waals surface area contributed by atoms with Gasteiger partial charge >= 0.3 is 0 Å². The van der Waals surface area contributed by atoms with Crippen LogP contribution in [-0.2, 0) is 16.0 Å². The van der Waals surface area contributed by atoms with Crippen LogP contribution in [0.1, 0.15) is 29.3 Å². The molecule has 1 heterocycles. The monoisotopic (exact) mass is 366 g/mol. The summed E-state index contributed by atoms with van der Waals surface area (Å²) >= 11 is 0. The standard InChI is InChI=1S/C22H26N2O3/c1-3-20-15-27-12-11-24(20)22(26)19-6-4-5-18(14-19)17-9-7-16(8-10-17)13-21(25)23-2/h4-10,14,20H,3,11-13,15H2,1-2H3,(H,23,25)/t20-/m1/s1. The summed E-state index contributed by atoms with van der Waals surface area (Å²) in [6, 6.07) is 15.8. The van der Waals surface area contributed by atoms with E-state index in [2.05, 4.69) is 12.2 Å². The van der Waals surface area contributed by atoms with E-state index in [1.165, 1.54) is 0 Å². The number of benzene rings is 2. The van der Waals surface area contributed by atoms with Crippen molar-refractivity contribution in [3.8, 4) is 11.1 Å². The lowest BCUT2D eigenvalue weighted by Gasteiger charge is -2.35. The van der Waals surface area contributed by atoms with Crippen molar-refractivity contribution in [2.24, 2.45) is 0 Å². The lowest BCUT2D eigenvalue weighted by molar-refractivity contribution is -0.119. The predicted molar refractivity (Wildman–Crippen MR) is 106 cm³/mol. The molecule has 1 fully saturated rings.